The molecule has 1 fully saturated rings. The van der Waals surface area contributed by atoms with Crippen LogP contribution in [0.1, 0.15) is 11.7 Å². The molecule has 0 aromatic carbocycles. The van der Waals surface area contributed by atoms with Crippen LogP contribution >= 0.6 is 0 Å². The van der Waals surface area contributed by atoms with Crippen LogP contribution in [-0.4, -0.2) is 36.0 Å². The number of rotatable bonds is 2. The highest BCUT2D eigenvalue weighted by atomic mass is 16.6. The van der Waals surface area contributed by atoms with Crippen LogP contribution in [0.15, 0.2) is 18.5 Å². The van der Waals surface area contributed by atoms with Gasteiger partial charge in [-0.25, -0.2) is 0 Å². The minimum absolute atomic E-state index is 0.356. The molecule has 2 rings (SSSR count). The highest BCUT2D eigenvalue weighted by Gasteiger charge is 2.26. The van der Waals surface area contributed by atoms with Crippen molar-refractivity contribution >= 4 is 5.69 Å². The zero-order chi connectivity index (χ0) is 10.7. The number of pyridine rings is 1. The first-order valence-corrected chi connectivity index (χ1v) is 4.86. The summed E-state index contributed by atoms with van der Waals surface area (Å²) in [5.74, 6) is 0. The molecule has 1 aliphatic rings. The number of hydrogen-bond acceptors (Lipinski definition) is 5. The van der Waals surface area contributed by atoms with Crippen molar-refractivity contribution in [2.24, 2.45) is 0 Å². The van der Waals surface area contributed by atoms with Gasteiger partial charge in [-0.15, -0.1) is 0 Å². The maximum atomic E-state index is 10.0. The Labute approximate surface area is 87.8 Å². The summed E-state index contributed by atoms with van der Waals surface area (Å²) in [7, 11) is 0. The first kappa shape index (κ1) is 10.4. The van der Waals surface area contributed by atoms with Crippen molar-refractivity contribution in [2.45, 2.75) is 12.2 Å². The van der Waals surface area contributed by atoms with E-state index in [9.17, 15) is 5.11 Å². The van der Waals surface area contributed by atoms with E-state index in [1.807, 2.05) is 0 Å². The summed E-state index contributed by atoms with van der Waals surface area (Å²) in [6.45, 7) is 1.46. The molecule has 82 valence electrons. The second kappa shape index (κ2) is 4.57. The van der Waals surface area contributed by atoms with Gasteiger partial charge < -0.3 is 20.3 Å². The number of ether oxygens (including phenoxy) is 2. The summed E-state index contributed by atoms with van der Waals surface area (Å²) in [4.78, 5) is 3.93. The van der Waals surface area contributed by atoms with Crippen molar-refractivity contribution < 1.29 is 14.6 Å². The number of aliphatic hydroxyl groups is 1. The predicted octanol–water partition coefficient (Wildman–Crippen LogP) is 0.113. The van der Waals surface area contributed by atoms with E-state index in [4.69, 9.17) is 15.2 Å². The van der Waals surface area contributed by atoms with E-state index in [-0.39, 0.29) is 6.10 Å². The van der Waals surface area contributed by atoms with Gasteiger partial charge in [-0.2, -0.15) is 0 Å². The highest BCUT2D eigenvalue weighted by Crippen LogP contribution is 2.24. The standard InChI is InChI=1S/C10H14N2O3/c11-8-1-2-12-5-7(8)10(13)9-6-14-3-4-15-9/h1-2,5,9-10,13H,3-4,6H2,(H2,11,12). The van der Waals surface area contributed by atoms with Crippen molar-refractivity contribution in [3.63, 3.8) is 0 Å². The molecule has 1 aliphatic heterocycles. The molecule has 0 radical (unpaired) electrons. The molecule has 5 heteroatoms. The Kier molecular flexibility index (Phi) is 3.15. The lowest BCUT2D eigenvalue weighted by Gasteiger charge is -2.27. The molecule has 1 aromatic heterocycles. The van der Waals surface area contributed by atoms with Crippen molar-refractivity contribution in [1.29, 1.82) is 0 Å². The molecule has 15 heavy (non-hydrogen) atoms. The fourth-order valence-corrected chi connectivity index (χ4v) is 1.55. The molecule has 3 N–H and O–H groups in total. The zero-order valence-electron chi connectivity index (χ0n) is 8.30. The third kappa shape index (κ3) is 2.26. The maximum absolute atomic E-state index is 10.0. The van der Waals surface area contributed by atoms with Gasteiger partial charge in [0, 0.05) is 23.6 Å². The minimum atomic E-state index is -0.779. The predicted molar refractivity (Wildman–Crippen MR) is 54.2 cm³/mol. The van der Waals surface area contributed by atoms with Gasteiger partial charge in [0.15, 0.2) is 0 Å². The van der Waals surface area contributed by atoms with Crippen molar-refractivity contribution in [3.8, 4) is 0 Å². The van der Waals surface area contributed by atoms with E-state index in [0.29, 0.717) is 31.1 Å². The monoisotopic (exact) mass is 210 g/mol. The third-order valence-corrected chi connectivity index (χ3v) is 2.40. The average Bonchev–Trinajstić information content (AvgIpc) is 2.30. The zero-order valence-corrected chi connectivity index (χ0v) is 8.30. The molecule has 0 aliphatic carbocycles. The van der Waals surface area contributed by atoms with Crippen molar-refractivity contribution in [1.82, 2.24) is 4.98 Å². The van der Waals surface area contributed by atoms with Gasteiger partial charge in [0.05, 0.1) is 19.8 Å². The van der Waals surface area contributed by atoms with E-state index in [1.54, 1.807) is 18.5 Å². The van der Waals surface area contributed by atoms with Crippen LogP contribution in [0, 0.1) is 0 Å². The normalized spacial score (nSPS) is 23.7. The second-order valence-electron chi connectivity index (χ2n) is 3.43. The first-order chi connectivity index (χ1) is 7.29. The average molecular weight is 210 g/mol. The Balaban J connectivity index is 2.12. The molecule has 0 amide bonds. The Bertz CT molecular complexity index is 326. The topological polar surface area (TPSA) is 77.6 Å². The largest absolute Gasteiger partial charge is 0.398 e. The number of aromatic nitrogens is 1. The number of aliphatic hydroxyl groups excluding tert-OH is 1. The molecule has 1 saturated heterocycles. The van der Waals surface area contributed by atoms with Gasteiger partial charge in [-0.3, -0.25) is 4.98 Å². The van der Waals surface area contributed by atoms with Crippen LogP contribution < -0.4 is 5.73 Å². The Hall–Kier alpha value is -1.17. The summed E-state index contributed by atoms with van der Waals surface area (Å²) in [6, 6.07) is 1.65. The van der Waals surface area contributed by atoms with E-state index in [1.165, 1.54) is 0 Å². The van der Waals surface area contributed by atoms with Crippen LogP contribution in [-0.2, 0) is 9.47 Å². The lowest BCUT2D eigenvalue weighted by molar-refractivity contribution is -0.133. The second-order valence-corrected chi connectivity index (χ2v) is 3.43. The lowest BCUT2D eigenvalue weighted by Crippen LogP contribution is -2.34. The van der Waals surface area contributed by atoms with E-state index < -0.39 is 6.10 Å². The summed E-state index contributed by atoms with van der Waals surface area (Å²) in [5, 5.41) is 10.0. The van der Waals surface area contributed by atoms with E-state index >= 15 is 0 Å². The molecule has 2 unspecified atom stereocenters. The minimum Gasteiger partial charge on any atom is -0.398 e. The summed E-state index contributed by atoms with van der Waals surface area (Å²) < 4.78 is 10.6. The molecular weight excluding hydrogens is 196 g/mol. The lowest BCUT2D eigenvalue weighted by atomic mass is 10.0. The van der Waals surface area contributed by atoms with E-state index in [0.717, 1.165) is 0 Å². The van der Waals surface area contributed by atoms with Gasteiger partial charge in [0.25, 0.3) is 0 Å². The highest BCUT2D eigenvalue weighted by molar-refractivity contribution is 5.45. The van der Waals surface area contributed by atoms with Gasteiger partial charge in [-0.05, 0) is 6.07 Å². The molecule has 5 nitrogen and oxygen atoms in total. The van der Waals surface area contributed by atoms with Crippen LogP contribution in [0.4, 0.5) is 5.69 Å². The number of nitrogens with two attached hydrogens (primary N) is 1. The van der Waals surface area contributed by atoms with Crippen molar-refractivity contribution in [2.75, 3.05) is 25.6 Å². The third-order valence-electron chi connectivity index (χ3n) is 2.40. The smallest absolute Gasteiger partial charge is 0.111 e. The SMILES string of the molecule is Nc1ccncc1C(O)C1COCCO1. The van der Waals surface area contributed by atoms with Gasteiger partial charge in [0.2, 0.25) is 0 Å². The Morgan fingerprint density at radius 2 is 2.40 bits per heavy atom. The fourth-order valence-electron chi connectivity index (χ4n) is 1.55. The van der Waals surface area contributed by atoms with Crippen LogP contribution in [0.25, 0.3) is 0 Å². The molecule has 2 heterocycles. The quantitative estimate of drug-likeness (QED) is 0.724. The molecule has 1 aromatic rings. The maximum Gasteiger partial charge on any atom is 0.111 e. The van der Waals surface area contributed by atoms with Gasteiger partial charge >= 0.3 is 0 Å². The fraction of sp³-hybridized carbons (Fsp3) is 0.500. The molecule has 0 bridgehead atoms. The summed E-state index contributed by atoms with van der Waals surface area (Å²) >= 11 is 0. The molecule has 2 atom stereocenters. The van der Waals surface area contributed by atoms with Crippen LogP contribution in [0.2, 0.25) is 0 Å². The molecule has 0 spiro atoms. The van der Waals surface area contributed by atoms with Crippen molar-refractivity contribution in [3.05, 3.63) is 24.0 Å². The number of nitrogen functional groups attached to an aromatic ring is 1. The first-order valence-electron chi connectivity index (χ1n) is 4.86. The molecular formula is C10H14N2O3. The summed E-state index contributed by atoms with van der Waals surface area (Å²) in [5.41, 5.74) is 6.84. The summed E-state index contributed by atoms with van der Waals surface area (Å²) in [6.07, 6.45) is 2.01. The Morgan fingerprint density at radius 1 is 1.53 bits per heavy atom. The van der Waals surface area contributed by atoms with Crippen LogP contribution in [0.5, 0.6) is 0 Å². The van der Waals surface area contributed by atoms with Gasteiger partial charge in [-0.1, -0.05) is 0 Å². The van der Waals surface area contributed by atoms with Crippen LogP contribution in [0.3, 0.4) is 0 Å². The number of nitrogens with zero attached hydrogens (tertiary/aromatic N) is 1. The Morgan fingerprint density at radius 3 is 3.07 bits per heavy atom. The molecule has 0 saturated carbocycles. The number of anilines is 1. The van der Waals surface area contributed by atoms with E-state index in [2.05, 4.69) is 4.98 Å². The number of hydrogen-bond donors (Lipinski definition) is 2. The van der Waals surface area contributed by atoms with Gasteiger partial charge in [0.1, 0.15) is 12.2 Å².